The number of nitro groups is 1. The number of nitrogens with zero attached hydrogens (tertiary/aromatic N) is 1. The van der Waals surface area contributed by atoms with E-state index >= 15 is 0 Å². The number of rotatable bonds is 4. The molecule has 1 aliphatic rings. The number of nitro benzene ring substituents is 1. The van der Waals surface area contributed by atoms with Crippen LogP contribution in [0.2, 0.25) is 0 Å². The summed E-state index contributed by atoms with van der Waals surface area (Å²) in [5.74, 6) is 0.525. The number of hydrogen-bond acceptors (Lipinski definition) is 3. The molecule has 106 valence electrons. The van der Waals surface area contributed by atoms with Gasteiger partial charge in [-0.1, -0.05) is 19.1 Å². The predicted octanol–water partition coefficient (Wildman–Crippen LogP) is 2.91. The molecule has 5 nitrogen and oxygen atoms in total. The highest BCUT2D eigenvalue weighted by atomic mass is 16.6. The second-order valence-electron chi connectivity index (χ2n) is 5.31. The zero-order valence-corrected chi connectivity index (χ0v) is 11.4. The van der Waals surface area contributed by atoms with Crippen molar-refractivity contribution in [2.24, 2.45) is 5.92 Å². The van der Waals surface area contributed by atoms with Crippen molar-refractivity contribution >= 4 is 17.7 Å². The maximum absolute atomic E-state index is 11.8. The molecule has 20 heavy (non-hydrogen) atoms. The van der Waals surface area contributed by atoms with Crippen LogP contribution in [-0.2, 0) is 4.79 Å². The van der Waals surface area contributed by atoms with Gasteiger partial charge >= 0.3 is 0 Å². The number of amides is 1. The summed E-state index contributed by atoms with van der Waals surface area (Å²) in [7, 11) is 0. The monoisotopic (exact) mass is 274 g/mol. The van der Waals surface area contributed by atoms with Crippen LogP contribution in [0.5, 0.6) is 0 Å². The molecule has 0 spiro atoms. The van der Waals surface area contributed by atoms with Gasteiger partial charge in [0.25, 0.3) is 5.69 Å². The SMILES string of the molecule is CC1CCC(NC(=O)/C=C/c2cccc([N+](=O)[O-])c2)C1. The maximum atomic E-state index is 11.8. The van der Waals surface area contributed by atoms with Gasteiger partial charge in [-0.25, -0.2) is 0 Å². The second kappa shape index (κ2) is 6.32. The highest BCUT2D eigenvalue weighted by Gasteiger charge is 2.21. The van der Waals surface area contributed by atoms with Crippen molar-refractivity contribution in [3.05, 3.63) is 46.0 Å². The number of non-ortho nitro benzene ring substituents is 1. The topological polar surface area (TPSA) is 72.2 Å². The number of carbonyl (C=O) groups excluding carboxylic acids is 1. The van der Waals surface area contributed by atoms with Crippen LogP contribution in [0, 0.1) is 16.0 Å². The van der Waals surface area contributed by atoms with E-state index in [2.05, 4.69) is 12.2 Å². The molecule has 2 rings (SSSR count). The summed E-state index contributed by atoms with van der Waals surface area (Å²) in [6.07, 6.45) is 6.23. The number of nitrogens with one attached hydrogen (secondary N) is 1. The fraction of sp³-hybridized carbons (Fsp3) is 0.400. The molecule has 1 saturated carbocycles. The molecule has 1 aliphatic carbocycles. The third-order valence-corrected chi connectivity index (χ3v) is 3.55. The highest BCUT2D eigenvalue weighted by Crippen LogP contribution is 2.24. The van der Waals surface area contributed by atoms with Crippen LogP contribution in [0.15, 0.2) is 30.3 Å². The Hall–Kier alpha value is -2.17. The van der Waals surface area contributed by atoms with Crippen LogP contribution < -0.4 is 5.32 Å². The summed E-state index contributed by atoms with van der Waals surface area (Å²) in [4.78, 5) is 22.0. The Labute approximate surface area is 117 Å². The second-order valence-corrected chi connectivity index (χ2v) is 5.31. The minimum absolute atomic E-state index is 0.0252. The lowest BCUT2D eigenvalue weighted by molar-refractivity contribution is -0.384. The summed E-state index contributed by atoms with van der Waals surface area (Å²) in [5.41, 5.74) is 0.673. The largest absolute Gasteiger partial charge is 0.350 e. The van der Waals surface area contributed by atoms with Crippen molar-refractivity contribution in [1.82, 2.24) is 5.32 Å². The van der Waals surface area contributed by atoms with Crippen LogP contribution in [0.1, 0.15) is 31.7 Å². The maximum Gasteiger partial charge on any atom is 0.270 e. The van der Waals surface area contributed by atoms with Gasteiger partial charge in [-0.3, -0.25) is 14.9 Å². The summed E-state index contributed by atoms with van der Waals surface area (Å²) < 4.78 is 0. The van der Waals surface area contributed by atoms with E-state index in [-0.39, 0.29) is 17.6 Å². The zero-order chi connectivity index (χ0) is 14.5. The molecule has 0 aliphatic heterocycles. The minimum Gasteiger partial charge on any atom is -0.350 e. The summed E-state index contributed by atoms with van der Waals surface area (Å²) >= 11 is 0. The third-order valence-electron chi connectivity index (χ3n) is 3.55. The smallest absolute Gasteiger partial charge is 0.270 e. The molecule has 0 bridgehead atoms. The van der Waals surface area contributed by atoms with Gasteiger partial charge in [0.1, 0.15) is 0 Å². The molecule has 0 radical (unpaired) electrons. The molecule has 1 N–H and O–H groups in total. The number of hydrogen-bond donors (Lipinski definition) is 1. The van der Waals surface area contributed by atoms with Crippen molar-refractivity contribution in [2.45, 2.75) is 32.2 Å². The van der Waals surface area contributed by atoms with Crippen molar-refractivity contribution in [3.8, 4) is 0 Å². The first kappa shape index (κ1) is 14.2. The van der Waals surface area contributed by atoms with Crippen molar-refractivity contribution in [3.63, 3.8) is 0 Å². The molecule has 2 atom stereocenters. The van der Waals surface area contributed by atoms with E-state index in [1.165, 1.54) is 18.2 Å². The van der Waals surface area contributed by atoms with Crippen LogP contribution in [0.25, 0.3) is 6.08 Å². The summed E-state index contributed by atoms with van der Waals surface area (Å²) in [6, 6.07) is 6.47. The minimum atomic E-state index is -0.447. The molecular formula is C15H18N2O3. The molecule has 1 aromatic carbocycles. The van der Waals surface area contributed by atoms with Crippen molar-refractivity contribution < 1.29 is 9.72 Å². The molecule has 0 aromatic heterocycles. The number of benzene rings is 1. The van der Waals surface area contributed by atoms with Crippen LogP contribution in [0.3, 0.4) is 0 Å². The van der Waals surface area contributed by atoms with Gasteiger partial charge in [-0.05, 0) is 36.8 Å². The lowest BCUT2D eigenvalue weighted by Gasteiger charge is -2.09. The molecular weight excluding hydrogens is 256 g/mol. The van der Waals surface area contributed by atoms with Gasteiger partial charge in [-0.15, -0.1) is 0 Å². The Balaban J connectivity index is 1.93. The van der Waals surface area contributed by atoms with E-state index in [1.807, 2.05) is 0 Å². The van der Waals surface area contributed by atoms with E-state index in [0.717, 1.165) is 19.3 Å². The predicted molar refractivity (Wildman–Crippen MR) is 77.1 cm³/mol. The molecule has 0 heterocycles. The third kappa shape index (κ3) is 3.91. The summed E-state index contributed by atoms with van der Waals surface area (Å²) in [5, 5.41) is 13.6. The zero-order valence-electron chi connectivity index (χ0n) is 11.4. The first-order chi connectivity index (χ1) is 9.54. The average molecular weight is 274 g/mol. The van der Waals surface area contributed by atoms with Gasteiger partial charge in [0, 0.05) is 24.3 Å². The van der Waals surface area contributed by atoms with Crippen molar-refractivity contribution in [2.75, 3.05) is 0 Å². The highest BCUT2D eigenvalue weighted by molar-refractivity contribution is 5.92. The van der Waals surface area contributed by atoms with E-state index < -0.39 is 4.92 Å². The first-order valence-electron chi connectivity index (χ1n) is 6.77. The Morgan fingerprint density at radius 3 is 2.90 bits per heavy atom. The Kier molecular flexibility index (Phi) is 4.50. The normalized spacial score (nSPS) is 22.1. The molecule has 1 aromatic rings. The van der Waals surface area contributed by atoms with Crippen LogP contribution in [-0.4, -0.2) is 16.9 Å². The quantitative estimate of drug-likeness (QED) is 0.521. The van der Waals surface area contributed by atoms with Crippen molar-refractivity contribution in [1.29, 1.82) is 0 Å². The lowest BCUT2D eigenvalue weighted by atomic mass is 10.1. The standard InChI is InChI=1S/C15H18N2O3/c1-11-5-7-13(9-11)16-15(18)8-6-12-3-2-4-14(10-12)17(19)20/h2-4,6,8,10-11,13H,5,7,9H2,1H3,(H,16,18)/b8-6+. The van der Waals surface area contributed by atoms with Crippen LogP contribution in [0.4, 0.5) is 5.69 Å². The molecule has 1 fully saturated rings. The van der Waals surface area contributed by atoms with E-state index in [4.69, 9.17) is 0 Å². The van der Waals surface area contributed by atoms with Gasteiger partial charge in [0.15, 0.2) is 0 Å². The van der Waals surface area contributed by atoms with E-state index in [1.54, 1.807) is 18.2 Å². The van der Waals surface area contributed by atoms with Gasteiger partial charge in [-0.2, -0.15) is 0 Å². The first-order valence-corrected chi connectivity index (χ1v) is 6.77. The Morgan fingerprint density at radius 2 is 2.25 bits per heavy atom. The molecule has 0 saturated heterocycles. The molecule has 2 unspecified atom stereocenters. The lowest BCUT2D eigenvalue weighted by Crippen LogP contribution is -2.31. The van der Waals surface area contributed by atoms with E-state index in [9.17, 15) is 14.9 Å². The number of carbonyl (C=O) groups is 1. The molecule has 5 heteroatoms. The van der Waals surface area contributed by atoms with Crippen LogP contribution >= 0.6 is 0 Å². The molecule has 1 amide bonds. The van der Waals surface area contributed by atoms with Gasteiger partial charge < -0.3 is 5.32 Å². The fourth-order valence-corrected chi connectivity index (χ4v) is 2.50. The summed E-state index contributed by atoms with van der Waals surface area (Å²) in [6.45, 7) is 2.19. The van der Waals surface area contributed by atoms with Gasteiger partial charge in [0.05, 0.1) is 4.92 Å². The van der Waals surface area contributed by atoms with E-state index in [0.29, 0.717) is 11.5 Å². The van der Waals surface area contributed by atoms with Gasteiger partial charge in [0.2, 0.25) is 5.91 Å². The fourth-order valence-electron chi connectivity index (χ4n) is 2.50. The Morgan fingerprint density at radius 1 is 1.45 bits per heavy atom. The Bertz CT molecular complexity index is 540. The average Bonchev–Trinajstić information content (AvgIpc) is 2.82.